The fraction of sp³-hybridized carbons (Fsp3) is 0.778. The molecule has 2 atom stereocenters. The first-order chi connectivity index (χ1) is 6.66. The third kappa shape index (κ3) is 1.33. The Balaban J connectivity index is 2.28. The molecule has 1 saturated heterocycles. The van der Waals surface area contributed by atoms with Crippen molar-refractivity contribution in [3.8, 4) is 0 Å². The van der Waals surface area contributed by atoms with Crippen molar-refractivity contribution in [3.63, 3.8) is 0 Å². The molecule has 2 unspecified atom stereocenters. The maximum absolute atomic E-state index is 5.98. The molecule has 78 valence electrons. The van der Waals surface area contributed by atoms with Gasteiger partial charge in [-0.15, -0.1) is 0 Å². The van der Waals surface area contributed by atoms with E-state index in [2.05, 4.69) is 15.2 Å². The second kappa shape index (κ2) is 3.33. The largest absolute Gasteiger partial charge is 0.379 e. The molecule has 3 N–H and O–H groups in total. The van der Waals surface area contributed by atoms with Crippen LogP contribution in [0.3, 0.4) is 0 Å². The van der Waals surface area contributed by atoms with Crippen molar-refractivity contribution in [2.24, 2.45) is 5.73 Å². The van der Waals surface area contributed by atoms with Crippen molar-refractivity contribution >= 4 is 0 Å². The number of H-pyrrole nitrogens is 1. The van der Waals surface area contributed by atoms with E-state index in [1.54, 1.807) is 0 Å². The monoisotopic (exact) mass is 196 g/mol. The molecule has 0 aromatic carbocycles. The summed E-state index contributed by atoms with van der Waals surface area (Å²) in [5.74, 6) is 1.68. The Labute approximate surface area is 83.1 Å². The van der Waals surface area contributed by atoms with E-state index in [-0.39, 0.29) is 11.5 Å². The lowest BCUT2D eigenvalue weighted by Gasteiger charge is -2.22. The van der Waals surface area contributed by atoms with Crippen molar-refractivity contribution < 1.29 is 4.74 Å². The van der Waals surface area contributed by atoms with E-state index in [0.717, 1.165) is 18.1 Å². The van der Waals surface area contributed by atoms with Gasteiger partial charge in [-0.3, -0.25) is 5.10 Å². The van der Waals surface area contributed by atoms with E-state index in [0.29, 0.717) is 13.2 Å². The molecule has 0 bridgehead atoms. The number of rotatable bonds is 2. The number of nitrogens with one attached hydrogen (secondary N) is 1. The van der Waals surface area contributed by atoms with Gasteiger partial charge in [0, 0.05) is 12.5 Å². The molecule has 0 radical (unpaired) electrons. The molecule has 5 nitrogen and oxygen atoms in total. The second-order valence-electron chi connectivity index (χ2n) is 4.00. The minimum Gasteiger partial charge on any atom is -0.379 e. The van der Waals surface area contributed by atoms with Gasteiger partial charge in [0.1, 0.15) is 5.82 Å². The first-order valence-electron chi connectivity index (χ1n) is 4.92. The number of aromatic nitrogens is 3. The maximum Gasteiger partial charge on any atom is 0.160 e. The summed E-state index contributed by atoms with van der Waals surface area (Å²) in [6, 6.07) is -0.0111. The Morgan fingerprint density at radius 3 is 3.00 bits per heavy atom. The Hall–Kier alpha value is -0.940. The van der Waals surface area contributed by atoms with E-state index in [1.807, 2.05) is 13.8 Å². The van der Waals surface area contributed by atoms with Gasteiger partial charge in [0.05, 0.1) is 18.6 Å². The summed E-state index contributed by atoms with van der Waals surface area (Å²) in [5.41, 5.74) is 5.74. The highest BCUT2D eigenvalue weighted by atomic mass is 16.5. The van der Waals surface area contributed by atoms with Gasteiger partial charge in [-0.1, -0.05) is 6.92 Å². The third-order valence-corrected chi connectivity index (χ3v) is 2.90. The smallest absolute Gasteiger partial charge is 0.160 e. The lowest BCUT2D eigenvalue weighted by atomic mass is 9.85. The fourth-order valence-electron chi connectivity index (χ4n) is 1.63. The van der Waals surface area contributed by atoms with Crippen LogP contribution in [0.4, 0.5) is 0 Å². The molecule has 5 heteroatoms. The van der Waals surface area contributed by atoms with Crippen molar-refractivity contribution in [1.29, 1.82) is 0 Å². The highest BCUT2D eigenvalue weighted by Gasteiger charge is 2.42. The van der Waals surface area contributed by atoms with Crippen LogP contribution in [0.5, 0.6) is 0 Å². The lowest BCUT2D eigenvalue weighted by Crippen LogP contribution is -2.42. The molecule has 1 aliphatic rings. The number of hydrogen-bond donors (Lipinski definition) is 2. The van der Waals surface area contributed by atoms with Gasteiger partial charge in [0.2, 0.25) is 0 Å². The van der Waals surface area contributed by atoms with Crippen LogP contribution >= 0.6 is 0 Å². The third-order valence-electron chi connectivity index (χ3n) is 2.90. The summed E-state index contributed by atoms with van der Waals surface area (Å²) < 4.78 is 5.35. The maximum atomic E-state index is 5.98. The Kier molecular flexibility index (Phi) is 2.28. The van der Waals surface area contributed by atoms with Crippen LogP contribution in [0.2, 0.25) is 0 Å². The molecule has 2 heterocycles. The second-order valence-corrected chi connectivity index (χ2v) is 4.00. The number of aryl methyl sites for hydroxylation is 1. The van der Waals surface area contributed by atoms with Gasteiger partial charge in [0.15, 0.2) is 5.82 Å². The Bertz CT molecular complexity index is 324. The van der Waals surface area contributed by atoms with Crippen LogP contribution in [0.15, 0.2) is 0 Å². The molecule has 0 saturated carbocycles. The van der Waals surface area contributed by atoms with Gasteiger partial charge in [-0.2, -0.15) is 5.10 Å². The number of aromatic amines is 1. The number of nitrogens with two attached hydrogens (primary N) is 1. The van der Waals surface area contributed by atoms with E-state index < -0.39 is 0 Å². The number of hydrogen-bond acceptors (Lipinski definition) is 4. The average Bonchev–Trinajstić information content (AvgIpc) is 2.75. The quantitative estimate of drug-likeness (QED) is 0.697. The number of ether oxygens (including phenoxy) is 1. The van der Waals surface area contributed by atoms with Crippen LogP contribution in [-0.2, 0) is 16.6 Å². The lowest BCUT2D eigenvalue weighted by molar-refractivity contribution is 0.178. The molecule has 1 aromatic rings. The first-order valence-corrected chi connectivity index (χ1v) is 4.92. The summed E-state index contributed by atoms with van der Waals surface area (Å²) in [5, 5.41) is 7.10. The van der Waals surface area contributed by atoms with Crippen molar-refractivity contribution in [1.82, 2.24) is 15.2 Å². The number of nitrogens with zero attached hydrogens (tertiary/aromatic N) is 2. The highest BCUT2D eigenvalue weighted by molar-refractivity contribution is 5.13. The van der Waals surface area contributed by atoms with E-state index in [4.69, 9.17) is 10.5 Å². The fourth-order valence-corrected chi connectivity index (χ4v) is 1.63. The molecular formula is C9H16N4O. The average molecular weight is 196 g/mol. The molecule has 14 heavy (non-hydrogen) atoms. The van der Waals surface area contributed by atoms with Crippen LogP contribution < -0.4 is 5.73 Å². The normalized spacial score (nSPS) is 32.4. The Morgan fingerprint density at radius 1 is 1.71 bits per heavy atom. The summed E-state index contributed by atoms with van der Waals surface area (Å²) >= 11 is 0. The minimum atomic E-state index is -0.232. The summed E-state index contributed by atoms with van der Waals surface area (Å²) in [6.07, 6.45) is 0.860. The summed E-state index contributed by atoms with van der Waals surface area (Å²) in [6.45, 7) is 5.28. The zero-order valence-corrected chi connectivity index (χ0v) is 8.58. The topological polar surface area (TPSA) is 76.8 Å². The summed E-state index contributed by atoms with van der Waals surface area (Å²) in [7, 11) is 0. The molecule has 0 spiro atoms. The molecule has 2 rings (SSSR count). The molecule has 0 amide bonds. The van der Waals surface area contributed by atoms with Crippen molar-refractivity contribution in [3.05, 3.63) is 11.6 Å². The van der Waals surface area contributed by atoms with Gasteiger partial charge < -0.3 is 10.5 Å². The van der Waals surface area contributed by atoms with Crippen molar-refractivity contribution in [2.75, 3.05) is 13.2 Å². The van der Waals surface area contributed by atoms with Gasteiger partial charge in [-0.25, -0.2) is 4.98 Å². The molecule has 0 aliphatic carbocycles. The minimum absolute atomic E-state index is 0.0111. The Morgan fingerprint density at radius 2 is 2.50 bits per heavy atom. The molecule has 1 aromatic heterocycles. The first kappa shape index (κ1) is 9.61. The summed E-state index contributed by atoms with van der Waals surface area (Å²) in [4.78, 5) is 4.41. The van der Waals surface area contributed by atoms with Crippen LogP contribution in [0.1, 0.15) is 25.5 Å². The predicted molar refractivity (Wildman–Crippen MR) is 51.9 cm³/mol. The highest BCUT2D eigenvalue weighted by Crippen LogP contribution is 2.29. The van der Waals surface area contributed by atoms with Crippen LogP contribution in [-0.4, -0.2) is 34.4 Å². The molecular weight excluding hydrogens is 180 g/mol. The van der Waals surface area contributed by atoms with E-state index >= 15 is 0 Å². The zero-order chi connectivity index (χ0) is 10.2. The van der Waals surface area contributed by atoms with E-state index in [1.165, 1.54) is 0 Å². The van der Waals surface area contributed by atoms with Gasteiger partial charge in [0.25, 0.3) is 0 Å². The standard InChI is InChI=1S/C9H16N4O/c1-3-7-11-8(13-12-7)9(2)5-14-4-6(9)10/h6H,3-5,10H2,1-2H3,(H,11,12,13). The van der Waals surface area contributed by atoms with Gasteiger partial charge >= 0.3 is 0 Å². The SMILES string of the molecule is CCc1nc(C2(C)COCC2N)n[nH]1. The molecule has 1 aliphatic heterocycles. The predicted octanol–water partition coefficient (Wildman–Crippen LogP) is -0.0177. The van der Waals surface area contributed by atoms with E-state index in [9.17, 15) is 0 Å². The van der Waals surface area contributed by atoms with Gasteiger partial charge in [-0.05, 0) is 6.92 Å². The van der Waals surface area contributed by atoms with Crippen LogP contribution in [0.25, 0.3) is 0 Å². The zero-order valence-electron chi connectivity index (χ0n) is 8.58. The van der Waals surface area contributed by atoms with Crippen LogP contribution in [0, 0.1) is 0 Å². The molecule has 1 fully saturated rings. The van der Waals surface area contributed by atoms with Crippen molar-refractivity contribution in [2.45, 2.75) is 31.7 Å².